The number of tetrazole rings is 1. The topological polar surface area (TPSA) is 75.9 Å². The maximum Gasteiger partial charge on any atom is 0.220 e. The van der Waals surface area contributed by atoms with Crippen LogP contribution in [0.15, 0.2) is 6.33 Å². The highest BCUT2D eigenvalue weighted by molar-refractivity contribution is 5.75. The number of nitrogens with zero attached hydrogens (tertiary/aromatic N) is 5. The van der Waals surface area contributed by atoms with Crippen LogP contribution in [0.1, 0.15) is 46.0 Å². The van der Waals surface area contributed by atoms with Gasteiger partial charge in [0.15, 0.2) is 0 Å². The van der Waals surface area contributed by atoms with Crippen molar-refractivity contribution in [2.24, 2.45) is 0 Å². The zero-order valence-corrected chi connectivity index (χ0v) is 13.0. The van der Waals surface area contributed by atoms with Crippen LogP contribution < -0.4 is 5.32 Å². The number of likely N-dealkylation sites (tertiary alicyclic amines) is 1. The lowest BCUT2D eigenvalue weighted by Gasteiger charge is -2.39. The zero-order valence-electron chi connectivity index (χ0n) is 13.0. The van der Waals surface area contributed by atoms with Gasteiger partial charge in [0.25, 0.3) is 0 Å². The summed E-state index contributed by atoms with van der Waals surface area (Å²) in [6.45, 7) is 6.92. The molecule has 1 fully saturated rings. The Morgan fingerprint density at radius 2 is 2.05 bits per heavy atom. The van der Waals surface area contributed by atoms with Crippen LogP contribution in [-0.4, -0.2) is 56.2 Å². The lowest BCUT2D eigenvalue weighted by Crippen LogP contribution is -2.47. The first-order valence-electron chi connectivity index (χ1n) is 7.90. The molecule has 0 spiro atoms. The number of nitrogens with one attached hydrogen (secondary N) is 1. The maximum absolute atomic E-state index is 11.8. The molecule has 0 aliphatic carbocycles. The number of carbonyl (C=O) groups is 1. The van der Waals surface area contributed by atoms with E-state index in [2.05, 4.69) is 39.6 Å². The van der Waals surface area contributed by atoms with E-state index in [1.165, 1.54) is 19.3 Å². The predicted molar refractivity (Wildman–Crippen MR) is 79.5 cm³/mol. The predicted octanol–water partition coefficient (Wildman–Crippen LogP) is 0.832. The average Bonchev–Trinajstić information content (AvgIpc) is 2.95. The number of hydrogen-bond acceptors (Lipinski definition) is 5. The van der Waals surface area contributed by atoms with E-state index in [4.69, 9.17) is 0 Å². The van der Waals surface area contributed by atoms with Crippen molar-refractivity contribution in [2.75, 3.05) is 13.1 Å². The molecule has 7 nitrogen and oxygen atoms in total. The molecule has 7 heteroatoms. The number of carbonyl (C=O) groups excluding carboxylic acids is 1. The SMILES string of the molecule is C[C@@H]1CCC[C@H](C)N1CCNC(=O)CCCn1cnnn1. The second-order valence-corrected chi connectivity index (χ2v) is 5.89. The van der Waals surface area contributed by atoms with Crippen LogP contribution in [0, 0.1) is 0 Å². The summed E-state index contributed by atoms with van der Waals surface area (Å²) in [7, 11) is 0. The lowest BCUT2D eigenvalue weighted by atomic mass is 9.98. The molecule has 21 heavy (non-hydrogen) atoms. The molecule has 1 amide bonds. The fourth-order valence-electron chi connectivity index (χ4n) is 3.01. The highest BCUT2D eigenvalue weighted by atomic mass is 16.1. The highest BCUT2D eigenvalue weighted by Crippen LogP contribution is 2.21. The monoisotopic (exact) mass is 294 g/mol. The number of piperidine rings is 1. The highest BCUT2D eigenvalue weighted by Gasteiger charge is 2.23. The van der Waals surface area contributed by atoms with Crippen LogP contribution in [0.4, 0.5) is 0 Å². The van der Waals surface area contributed by atoms with Gasteiger partial charge in [-0.05, 0) is 43.5 Å². The fourth-order valence-corrected chi connectivity index (χ4v) is 3.01. The lowest BCUT2D eigenvalue weighted by molar-refractivity contribution is -0.121. The van der Waals surface area contributed by atoms with Crippen molar-refractivity contribution in [1.82, 2.24) is 30.4 Å². The Morgan fingerprint density at radius 1 is 1.29 bits per heavy atom. The zero-order chi connectivity index (χ0) is 15.1. The molecule has 1 aliphatic rings. The van der Waals surface area contributed by atoms with Crippen LogP contribution >= 0.6 is 0 Å². The van der Waals surface area contributed by atoms with Gasteiger partial charge in [-0.1, -0.05) is 6.42 Å². The summed E-state index contributed by atoms with van der Waals surface area (Å²) in [5, 5.41) is 13.9. The van der Waals surface area contributed by atoms with E-state index in [0.717, 1.165) is 19.5 Å². The van der Waals surface area contributed by atoms with Crippen LogP contribution in [0.5, 0.6) is 0 Å². The molecule has 0 aromatic carbocycles. The smallest absolute Gasteiger partial charge is 0.220 e. The first kappa shape index (κ1) is 15.9. The molecule has 0 saturated carbocycles. The summed E-state index contributed by atoms with van der Waals surface area (Å²) in [5.41, 5.74) is 0. The van der Waals surface area contributed by atoms with Gasteiger partial charge in [-0.15, -0.1) is 5.10 Å². The van der Waals surface area contributed by atoms with E-state index < -0.39 is 0 Å². The molecule has 0 unspecified atom stereocenters. The average molecular weight is 294 g/mol. The third-order valence-electron chi connectivity index (χ3n) is 4.25. The summed E-state index contributed by atoms with van der Waals surface area (Å²) in [6, 6.07) is 1.26. The normalized spacial score (nSPS) is 23.1. The van der Waals surface area contributed by atoms with E-state index >= 15 is 0 Å². The maximum atomic E-state index is 11.8. The first-order chi connectivity index (χ1) is 10.2. The Morgan fingerprint density at radius 3 is 2.71 bits per heavy atom. The summed E-state index contributed by atoms with van der Waals surface area (Å²) in [6.07, 6.45) is 6.70. The van der Waals surface area contributed by atoms with Crippen molar-refractivity contribution < 1.29 is 4.79 Å². The van der Waals surface area contributed by atoms with E-state index in [9.17, 15) is 4.79 Å². The number of aromatic nitrogens is 4. The Hall–Kier alpha value is -1.50. The van der Waals surface area contributed by atoms with Crippen LogP contribution in [0.25, 0.3) is 0 Å². The van der Waals surface area contributed by atoms with E-state index in [1.54, 1.807) is 11.0 Å². The standard InChI is InChI=1S/C14H26N6O/c1-12-5-3-6-13(2)20(12)10-8-15-14(21)7-4-9-19-11-16-17-18-19/h11-13H,3-10H2,1-2H3,(H,15,21)/t12-,13+. The molecule has 0 radical (unpaired) electrons. The third kappa shape index (κ3) is 5.08. The molecule has 1 aliphatic heterocycles. The summed E-state index contributed by atoms with van der Waals surface area (Å²) < 4.78 is 1.64. The van der Waals surface area contributed by atoms with Gasteiger partial charge in [-0.2, -0.15) is 0 Å². The van der Waals surface area contributed by atoms with Gasteiger partial charge < -0.3 is 5.32 Å². The van der Waals surface area contributed by atoms with Crippen LogP contribution in [0.2, 0.25) is 0 Å². The second-order valence-electron chi connectivity index (χ2n) is 5.89. The molecule has 1 aromatic rings. The van der Waals surface area contributed by atoms with Crippen LogP contribution in [-0.2, 0) is 11.3 Å². The summed E-state index contributed by atoms with van der Waals surface area (Å²) in [5.74, 6) is 0.111. The second kappa shape index (κ2) is 8.07. The van der Waals surface area contributed by atoms with Crippen molar-refractivity contribution >= 4 is 5.91 Å². The van der Waals surface area contributed by atoms with Crippen molar-refractivity contribution in [2.45, 2.75) is 64.6 Å². The van der Waals surface area contributed by atoms with Crippen molar-refractivity contribution in [3.63, 3.8) is 0 Å². The molecule has 2 rings (SSSR count). The molecule has 2 atom stereocenters. The minimum absolute atomic E-state index is 0.111. The molecular formula is C14H26N6O. The molecule has 1 N–H and O–H groups in total. The fraction of sp³-hybridized carbons (Fsp3) is 0.857. The molecule has 1 saturated heterocycles. The van der Waals surface area contributed by atoms with Crippen molar-refractivity contribution in [3.8, 4) is 0 Å². The Bertz CT molecular complexity index is 411. The molecule has 0 bridgehead atoms. The van der Waals surface area contributed by atoms with Gasteiger partial charge in [0.2, 0.25) is 5.91 Å². The van der Waals surface area contributed by atoms with Crippen molar-refractivity contribution in [1.29, 1.82) is 0 Å². The van der Waals surface area contributed by atoms with E-state index in [-0.39, 0.29) is 5.91 Å². The molecule has 1 aromatic heterocycles. The van der Waals surface area contributed by atoms with Crippen LogP contribution in [0.3, 0.4) is 0 Å². The van der Waals surface area contributed by atoms with Gasteiger partial charge in [0.1, 0.15) is 6.33 Å². The van der Waals surface area contributed by atoms with Gasteiger partial charge in [-0.3, -0.25) is 9.69 Å². The van der Waals surface area contributed by atoms with Gasteiger partial charge in [0.05, 0.1) is 0 Å². The summed E-state index contributed by atoms with van der Waals surface area (Å²) >= 11 is 0. The number of rotatable bonds is 7. The Labute approximate surface area is 126 Å². The number of aryl methyl sites for hydroxylation is 1. The van der Waals surface area contributed by atoms with Gasteiger partial charge >= 0.3 is 0 Å². The number of amides is 1. The Kier molecular flexibility index (Phi) is 6.10. The summed E-state index contributed by atoms with van der Waals surface area (Å²) in [4.78, 5) is 14.3. The third-order valence-corrected chi connectivity index (χ3v) is 4.25. The molecular weight excluding hydrogens is 268 g/mol. The number of hydrogen-bond donors (Lipinski definition) is 1. The molecule has 2 heterocycles. The minimum atomic E-state index is 0.111. The quantitative estimate of drug-likeness (QED) is 0.806. The van der Waals surface area contributed by atoms with Crippen molar-refractivity contribution in [3.05, 3.63) is 6.33 Å². The van der Waals surface area contributed by atoms with E-state index in [0.29, 0.717) is 25.0 Å². The van der Waals surface area contributed by atoms with Gasteiger partial charge in [0, 0.05) is 38.1 Å². The van der Waals surface area contributed by atoms with E-state index in [1.807, 2.05) is 0 Å². The molecule has 118 valence electrons. The largest absolute Gasteiger partial charge is 0.355 e. The first-order valence-corrected chi connectivity index (χ1v) is 7.90. The minimum Gasteiger partial charge on any atom is -0.355 e. The van der Waals surface area contributed by atoms with Gasteiger partial charge in [-0.25, -0.2) is 4.68 Å². The Balaban J connectivity index is 1.58.